The van der Waals surface area contributed by atoms with Gasteiger partial charge in [-0.15, -0.1) is 11.3 Å². The minimum atomic E-state index is -0.958. The first-order chi connectivity index (χ1) is 14.9. The Hall–Kier alpha value is -3.72. The molecule has 4 rings (SSSR count). The predicted octanol–water partition coefficient (Wildman–Crippen LogP) is 3.24. The van der Waals surface area contributed by atoms with Crippen molar-refractivity contribution in [3.05, 3.63) is 70.8 Å². The lowest BCUT2D eigenvalue weighted by Gasteiger charge is -2.26. The molecule has 3 aromatic rings. The van der Waals surface area contributed by atoms with E-state index < -0.39 is 23.8 Å². The summed E-state index contributed by atoms with van der Waals surface area (Å²) in [4.78, 5) is 53.1. The Morgan fingerprint density at radius 2 is 1.94 bits per heavy atom. The zero-order valence-electron chi connectivity index (χ0n) is 16.5. The number of rotatable bonds is 6. The Kier molecular flexibility index (Phi) is 5.68. The van der Waals surface area contributed by atoms with Gasteiger partial charge in [-0.3, -0.25) is 19.2 Å². The quantitative estimate of drug-likeness (QED) is 0.333. The summed E-state index contributed by atoms with van der Waals surface area (Å²) in [6, 6.07) is 11.9. The van der Waals surface area contributed by atoms with Gasteiger partial charge in [-0.1, -0.05) is 6.07 Å². The van der Waals surface area contributed by atoms with Crippen molar-refractivity contribution in [1.82, 2.24) is 4.90 Å². The van der Waals surface area contributed by atoms with Gasteiger partial charge in [0.2, 0.25) is 5.91 Å². The molecule has 2 aromatic heterocycles. The second-order valence-electron chi connectivity index (χ2n) is 6.86. The number of hydrogen-bond donors (Lipinski definition) is 0. The summed E-state index contributed by atoms with van der Waals surface area (Å²) in [6.07, 6.45) is 1.35. The summed E-state index contributed by atoms with van der Waals surface area (Å²) in [7, 11) is 0. The van der Waals surface area contributed by atoms with E-state index in [2.05, 4.69) is 0 Å². The van der Waals surface area contributed by atoms with Crippen LogP contribution >= 0.6 is 11.3 Å². The summed E-state index contributed by atoms with van der Waals surface area (Å²) < 4.78 is 10.4. The standard InChI is InChI=1S/C22H18N2O6S/c1-14(25)30-16-8-6-15(7-9-16)24-20(26)12-18(21(24)27)23(13-17-4-2-10-29-17)22(28)19-5-3-11-31-19/h2-11,18H,12-13H2,1H3. The molecule has 0 spiro atoms. The van der Waals surface area contributed by atoms with Gasteiger partial charge < -0.3 is 14.1 Å². The minimum absolute atomic E-state index is 0.0622. The third-order valence-corrected chi connectivity index (χ3v) is 5.61. The summed E-state index contributed by atoms with van der Waals surface area (Å²) in [6.45, 7) is 1.34. The third-order valence-electron chi connectivity index (χ3n) is 4.75. The number of benzene rings is 1. The van der Waals surface area contributed by atoms with Gasteiger partial charge in [0.25, 0.3) is 11.8 Å². The van der Waals surface area contributed by atoms with E-state index in [9.17, 15) is 19.2 Å². The van der Waals surface area contributed by atoms with Crippen LogP contribution in [0.25, 0.3) is 0 Å². The predicted molar refractivity (Wildman–Crippen MR) is 112 cm³/mol. The number of carbonyl (C=O) groups excluding carboxylic acids is 4. The third kappa shape index (κ3) is 4.26. The fraction of sp³-hybridized carbons (Fsp3) is 0.182. The van der Waals surface area contributed by atoms with Gasteiger partial charge in [0, 0.05) is 6.92 Å². The van der Waals surface area contributed by atoms with E-state index in [0.717, 1.165) is 4.90 Å². The number of hydrogen-bond acceptors (Lipinski definition) is 7. The van der Waals surface area contributed by atoms with Crippen molar-refractivity contribution in [2.45, 2.75) is 25.9 Å². The Bertz CT molecular complexity index is 1110. The first kappa shape index (κ1) is 20.5. The summed E-state index contributed by atoms with van der Waals surface area (Å²) in [5.74, 6) is -0.916. The van der Waals surface area contributed by atoms with E-state index in [0.29, 0.717) is 22.1 Å². The lowest BCUT2D eigenvalue weighted by molar-refractivity contribution is -0.132. The Morgan fingerprint density at radius 1 is 1.16 bits per heavy atom. The molecule has 31 heavy (non-hydrogen) atoms. The Labute approximate surface area is 181 Å². The molecular formula is C22H18N2O6S. The topological polar surface area (TPSA) is 97.1 Å². The number of thiophene rings is 1. The van der Waals surface area contributed by atoms with Crippen LogP contribution in [0.4, 0.5) is 5.69 Å². The van der Waals surface area contributed by atoms with Crippen molar-refractivity contribution in [3.8, 4) is 5.75 Å². The molecule has 3 heterocycles. The van der Waals surface area contributed by atoms with Crippen LogP contribution < -0.4 is 9.64 Å². The highest BCUT2D eigenvalue weighted by molar-refractivity contribution is 7.12. The summed E-state index contributed by atoms with van der Waals surface area (Å²) in [5.41, 5.74) is 0.343. The highest BCUT2D eigenvalue weighted by Gasteiger charge is 2.45. The molecule has 1 fully saturated rings. The molecule has 9 heteroatoms. The molecule has 1 aliphatic rings. The molecule has 1 saturated heterocycles. The fourth-order valence-corrected chi connectivity index (χ4v) is 4.07. The van der Waals surface area contributed by atoms with Crippen molar-refractivity contribution < 1.29 is 28.3 Å². The van der Waals surface area contributed by atoms with Crippen molar-refractivity contribution in [1.29, 1.82) is 0 Å². The molecule has 1 aliphatic heterocycles. The maximum Gasteiger partial charge on any atom is 0.308 e. The van der Waals surface area contributed by atoms with E-state index in [-0.39, 0.29) is 18.9 Å². The van der Waals surface area contributed by atoms with Crippen molar-refractivity contribution in [3.63, 3.8) is 0 Å². The van der Waals surface area contributed by atoms with Gasteiger partial charge in [0.05, 0.1) is 29.8 Å². The van der Waals surface area contributed by atoms with Gasteiger partial charge in [0.1, 0.15) is 17.6 Å². The number of esters is 1. The van der Waals surface area contributed by atoms with Crippen LogP contribution in [-0.2, 0) is 20.9 Å². The number of ether oxygens (including phenoxy) is 1. The highest BCUT2D eigenvalue weighted by atomic mass is 32.1. The number of furan rings is 1. The number of carbonyl (C=O) groups is 4. The molecule has 1 unspecified atom stereocenters. The molecular weight excluding hydrogens is 420 g/mol. The van der Waals surface area contributed by atoms with E-state index in [1.54, 1.807) is 29.6 Å². The maximum atomic E-state index is 13.2. The molecule has 1 atom stereocenters. The van der Waals surface area contributed by atoms with E-state index in [1.165, 1.54) is 53.7 Å². The minimum Gasteiger partial charge on any atom is -0.467 e. The molecule has 0 aliphatic carbocycles. The second-order valence-corrected chi connectivity index (χ2v) is 7.81. The lowest BCUT2D eigenvalue weighted by Crippen LogP contribution is -2.44. The SMILES string of the molecule is CC(=O)Oc1ccc(N2C(=O)CC(N(Cc3ccco3)C(=O)c3cccs3)C2=O)cc1. The summed E-state index contributed by atoms with van der Waals surface area (Å²) in [5, 5.41) is 1.77. The molecule has 3 amide bonds. The average Bonchev–Trinajstić information content (AvgIpc) is 3.49. The van der Waals surface area contributed by atoms with Crippen LogP contribution in [-0.4, -0.2) is 34.6 Å². The molecule has 1 aromatic carbocycles. The van der Waals surface area contributed by atoms with Crippen LogP contribution in [0, 0.1) is 0 Å². The van der Waals surface area contributed by atoms with Gasteiger partial charge in [0.15, 0.2) is 0 Å². The van der Waals surface area contributed by atoms with Crippen LogP contribution in [0.15, 0.2) is 64.6 Å². The highest BCUT2D eigenvalue weighted by Crippen LogP contribution is 2.29. The first-order valence-electron chi connectivity index (χ1n) is 9.46. The zero-order chi connectivity index (χ0) is 22.0. The van der Waals surface area contributed by atoms with Gasteiger partial charge in [-0.25, -0.2) is 4.90 Å². The van der Waals surface area contributed by atoms with Crippen LogP contribution in [0.1, 0.15) is 28.8 Å². The van der Waals surface area contributed by atoms with Crippen LogP contribution in [0.3, 0.4) is 0 Å². The lowest BCUT2D eigenvalue weighted by atomic mass is 10.2. The van der Waals surface area contributed by atoms with E-state index >= 15 is 0 Å². The number of amides is 3. The smallest absolute Gasteiger partial charge is 0.308 e. The average molecular weight is 438 g/mol. The number of anilines is 1. The van der Waals surface area contributed by atoms with Crippen molar-refractivity contribution in [2.24, 2.45) is 0 Å². The van der Waals surface area contributed by atoms with Crippen LogP contribution in [0.5, 0.6) is 5.75 Å². The molecule has 158 valence electrons. The van der Waals surface area contributed by atoms with Gasteiger partial charge >= 0.3 is 5.97 Å². The van der Waals surface area contributed by atoms with Crippen LogP contribution in [0.2, 0.25) is 0 Å². The Balaban J connectivity index is 1.61. The molecule has 0 N–H and O–H groups in total. The fourth-order valence-electron chi connectivity index (χ4n) is 3.40. The van der Waals surface area contributed by atoms with E-state index in [4.69, 9.17) is 9.15 Å². The second kappa shape index (κ2) is 8.57. The summed E-state index contributed by atoms with van der Waals surface area (Å²) >= 11 is 1.26. The number of nitrogens with zero attached hydrogens (tertiary/aromatic N) is 2. The monoisotopic (exact) mass is 438 g/mol. The normalized spacial score (nSPS) is 15.9. The molecule has 0 radical (unpaired) electrons. The maximum absolute atomic E-state index is 13.2. The molecule has 0 bridgehead atoms. The zero-order valence-corrected chi connectivity index (χ0v) is 17.3. The van der Waals surface area contributed by atoms with Crippen molar-refractivity contribution >= 4 is 40.7 Å². The molecule has 8 nitrogen and oxygen atoms in total. The van der Waals surface area contributed by atoms with Gasteiger partial charge in [-0.05, 0) is 47.8 Å². The Morgan fingerprint density at radius 3 is 2.55 bits per heavy atom. The van der Waals surface area contributed by atoms with Crippen molar-refractivity contribution in [2.75, 3.05) is 4.90 Å². The number of imide groups is 1. The first-order valence-corrected chi connectivity index (χ1v) is 10.3. The largest absolute Gasteiger partial charge is 0.467 e. The van der Waals surface area contributed by atoms with Gasteiger partial charge in [-0.2, -0.15) is 0 Å². The molecule has 0 saturated carbocycles. The van der Waals surface area contributed by atoms with E-state index in [1.807, 2.05) is 0 Å².